The van der Waals surface area contributed by atoms with Gasteiger partial charge in [-0.15, -0.1) is 0 Å². The first-order valence-corrected chi connectivity index (χ1v) is 14.8. The van der Waals surface area contributed by atoms with Gasteiger partial charge in [-0.1, -0.05) is 52.4 Å². The summed E-state index contributed by atoms with van der Waals surface area (Å²) < 4.78 is 12.5. The molecular formula is C29H50N2O4. The van der Waals surface area contributed by atoms with E-state index in [9.17, 15) is 9.59 Å². The third-order valence-corrected chi connectivity index (χ3v) is 9.79. The number of carbonyl (C=O) groups is 2. The number of hydrogen-bond acceptors (Lipinski definition) is 4. The highest BCUT2D eigenvalue weighted by Gasteiger charge is 2.58. The van der Waals surface area contributed by atoms with Crippen molar-refractivity contribution in [3.63, 3.8) is 0 Å². The summed E-state index contributed by atoms with van der Waals surface area (Å²) in [6.07, 6.45) is 17.3. The minimum absolute atomic E-state index is 0.141. The van der Waals surface area contributed by atoms with E-state index in [4.69, 9.17) is 9.47 Å². The second-order valence-corrected chi connectivity index (χ2v) is 12.2. The van der Waals surface area contributed by atoms with Gasteiger partial charge >= 0.3 is 12.2 Å². The van der Waals surface area contributed by atoms with Crippen LogP contribution < -0.4 is 0 Å². The number of ether oxygens (including phenoxy) is 2. The van der Waals surface area contributed by atoms with Crippen LogP contribution in [-0.2, 0) is 9.47 Å². The Kier molecular flexibility index (Phi) is 8.91. The van der Waals surface area contributed by atoms with Crippen molar-refractivity contribution in [2.45, 2.75) is 140 Å². The second kappa shape index (κ2) is 11.7. The Bertz CT molecular complexity index is 689. The summed E-state index contributed by atoms with van der Waals surface area (Å²) in [5.41, 5.74) is -0.646. The van der Waals surface area contributed by atoms with Crippen molar-refractivity contribution in [2.75, 3.05) is 14.1 Å². The molecule has 0 aromatic carbocycles. The van der Waals surface area contributed by atoms with Crippen molar-refractivity contribution in [2.24, 2.45) is 17.8 Å². The fraction of sp³-hybridized carbons (Fsp3) is 0.931. The molecular weight excluding hydrogens is 440 g/mol. The normalized spacial score (nSPS) is 31.1. The molecule has 4 fully saturated rings. The summed E-state index contributed by atoms with van der Waals surface area (Å²) in [7, 11) is 3.43. The van der Waals surface area contributed by atoms with Crippen molar-refractivity contribution in [3.8, 4) is 0 Å². The number of amides is 2. The Morgan fingerprint density at radius 2 is 1.37 bits per heavy atom. The smallest absolute Gasteiger partial charge is 0.410 e. The minimum atomic E-state index is -0.646. The molecule has 6 heteroatoms. The Balaban J connectivity index is 1.57. The molecule has 5 unspecified atom stereocenters. The predicted octanol–water partition coefficient (Wildman–Crippen LogP) is 7.15. The summed E-state index contributed by atoms with van der Waals surface area (Å²) in [5, 5.41) is 0. The van der Waals surface area contributed by atoms with Crippen LogP contribution >= 0.6 is 0 Å². The minimum Gasteiger partial charge on any atom is -0.442 e. The van der Waals surface area contributed by atoms with Gasteiger partial charge in [0.05, 0.1) is 0 Å². The van der Waals surface area contributed by atoms with Gasteiger partial charge in [0, 0.05) is 26.2 Å². The Morgan fingerprint density at radius 3 is 1.83 bits per heavy atom. The molecule has 0 radical (unpaired) electrons. The number of nitrogens with zero attached hydrogens (tertiary/aromatic N) is 2. The van der Waals surface area contributed by atoms with Crippen LogP contribution in [0.15, 0.2) is 0 Å². The van der Waals surface area contributed by atoms with Crippen molar-refractivity contribution in [3.05, 3.63) is 0 Å². The SMILES string of the molecule is CCC(C1CCCCC1)N(C(=O)OC1CC2CCC1(OC(=O)N(C)C)C2)C(CC)C1CCCCC1. The molecule has 5 atom stereocenters. The average Bonchev–Trinajstić information content (AvgIpc) is 3.42. The standard InChI is InChI=1S/C29H50N2O4/c1-5-24(22-13-9-7-10-14-22)31(25(6-2)23-15-11-8-12-16-23)28(33)34-26-19-21-17-18-29(26,20-21)35-27(32)30(3)4/h21-26H,5-20H2,1-4H3. The zero-order chi connectivity index (χ0) is 25.0. The lowest BCUT2D eigenvalue weighted by Gasteiger charge is -2.46. The molecule has 4 rings (SSSR count). The van der Waals surface area contributed by atoms with Crippen LogP contribution in [0.5, 0.6) is 0 Å². The third-order valence-electron chi connectivity index (χ3n) is 9.79. The van der Waals surface area contributed by atoms with E-state index in [0.717, 1.165) is 38.5 Å². The lowest BCUT2D eigenvalue weighted by Crippen LogP contribution is -2.55. The summed E-state index contributed by atoms with van der Waals surface area (Å²) in [5.74, 6) is 1.62. The molecule has 200 valence electrons. The molecule has 4 saturated carbocycles. The van der Waals surface area contributed by atoms with Crippen molar-refractivity contribution < 1.29 is 19.1 Å². The van der Waals surface area contributed by atoms with E-state index in [1.54, 1.807) is 14.1 Å². The fourth-order valence-corrected chi connectivity index (χ4v) is 7.98. The quantitative estimate of drug-likeness (QED) is 0.362. The molecule has 0 aromatic rings. The van der Waals surface area contributed by atoms with E-state index >= 15 is 0 Å². The monoisotopic (exact) mass is 490 g/mol. The largest absolute Gasteiger partial charge is 0.442 e. The lowest BCUT2D eigenvalue weighted by molar-refractivity contribution is -0.0912. The predicted molar refractivity (Wildman–Crippen MR) is 138 cm³/mol. The Morgan fingerprint density at radius 1 is 0.829 bits per heavy atom. The first-order valence-electron chi connectivity index (χ1n) is 14.8. The van der Waals surface area contributed by atoms with Crippen molar-refractivity contribution in [1.29, 1.82) is 0 Å². The summed E-state index contributed by atoms with van der Waals surface area (Å²) >= 11 is 0. The van der Waals surface area contributed by atoms with Crippen LogP contribution in [0.2, 0.25) is 0 Å². The molecule has 2 amide bonds. The zero-order valence-electron chi connectivity index (χ0n) is 22.8. The van der Waals surface area contributed by atoms with Crippen LogP contribution in [0, 0.1) is 17.8 Å². The van der Waals surface area contributed by atoms with E-state index in [1.807, 2.05) is 0 Å². The van der Waals surface area contributed by atoms with E-state index in [2.05, 4.69) is 18.7 Å². The number of hydrogen-bond donors (Lipinski definition) is 0. The average molecular weight is 491 g/mol. The molecule has 0 aromatic heterocycles. The molecule has 4 aliphatic carbocycles. The topological polar surface area (TPSA) is 59.1 Å². The molecule has 4 aliphatic rings. The highest BCUT2D eigenvalue weighted by atomic mass is 16.6. The van der Waals surface area contributed by atoms with Gasteiger partial charge in [-0.25, -0.2) is 9.59 Å². The maximum absolute atomic E-state index is 14.2. The first-order chi connectivity index (χ1) is 16.9. The van der Waals surface area contributed by atoms with Crippen LogP contribution in [0.3, 0.4) is 0 Å². The van der Waals surface area contributed by atoms with E-state index in [-0.39, 0.29) is 30.4 Å². The molecule has 0 aliphatic heterocycles. The molecule has 6 nitrogen and oxygen atoms in total. The molecule has 0 N–H and O–H groups in total. The highest BCUT2D eigenvalue weighted by molar-refractivity contribution is 5.70. The van der Waals surface area contributed by atoms with Gasteiger partial charge in [0.15, 0.2) is 5.60 Å². The lowest BCUT2D eigenvalue weighted by atomic mass is 9.78. The fourth-order valence-electron chi connectivity index (χ4n) is 7.98. The van der Waals surface area contributed by atoms with Gasteiger partial charge in [-0.3, -0.25) is 0 Å². The molecule has 35 heavy (non-hydrogen) atoms. The molecule has 2 bridgehead atoms. The molecule has 0 spiro atoms. The zero-order valence-corrected chi connectivity index (χ0v) is 22.8. The van der Waals surface area contributed by atoms with Gasteiger partial charge in [0.2, 0.25) is 0 Å². The van der Waals surface area contributed by atoms with E-state index < -0.39 is 5.60 Å². The number of fused-ring (bicyclic) bond motifs is 2. The Labute approximate surface area is 213 Å². The summed E-state index contributed by atoms with van der Waals surface area (Å²) in [4.78, 5) is 30.4. The van der Waals surface area contributed by atoms with Crippen molar-refractivity contribution >= 4 is 12.2 Å². The second-order valence-electron chi connectivity index (χ2n) is 12.2. The third kappa shape index (κ3) is 5.77. The maximum Gasteiger partial charge on any atom is 0.410 e. The van der Waals surface area contributed by atoms with Crippen LogP contribution in [0.1, 0.15) is 117 Å². The first kappa shape index (κ1) is 26.6. The number of rotatable bonds is 8. The van der Waals surface area contributed by atoms with Gasteiger partial charge in [-0.05, 0) is 82.0 Å². The van der Waals surface area contributed by atoms with Crippen molar-refractivity contribution in [1.82, 2.24) is 9.80 Å². The van der Waals surface area contributed by atoms with Crippen LogP contribution in [0.25, 0.3) is 0 Å². The van der Waals surface area contributed by atoms with E-state index in [1.165, 1.54) is 69.1 Å². The van der Waals surface area contributed by atoms with Gasteiger partial charge in [0.25, 0.3) is 0 Å². The van der Waals surface area contributed by atoms with Gasteiger partial charge in [0.1, 0.15) is 6.10 Å². The van der Waals surface area contributed by atoms with Gasteiger partial charge < -0.3 is 19.3 Å². The van der Waals surface area contributed by atoms with Crippen LogP contribution in [0.4, 0.5) is 9.59 Å². The maximum atomic E-state index is 14.2. The number of carbonyl (C=O) groups excluding carboxylic acids is 2. The van der Waals surface area contributed by atoms with Crippen LogP contribution in [-0.4, -0.2) is 59.9 Å². The summed E-state index contributed by atoms with van der Waals surface area (Å²) in [6.45, 7) is 4.51. The highest BCUT2D eigenvalue weighted by Crippen LogP contribution is 2.52. The molecule has 0 saturated heterocycles. The van der Waals surface area contributed by atoms with E-state index in [0.29, 0.717) is 17.8 Å². The molecule has 0 heterocycles. The van der Waals surface area contributed by atoms with Gasteiger partial charge in [-0.2, -0.15) is 0 Å². The summed E-state index contributed by atoms with van der Waals surface area (Å²) in [6, 6.07) is 0.488. The Hall–Kier alpha value is -1.46.